The van der Waals surface area contributed by atoms with Crippen LogP contribution in [0.1, 0.15) is 31.9 Å². The Morgan fingerprint density at radius 1 is 1.06 bits per heavy atom. The van der Waals surface area contributed by atoms with Gasteiger partial charge in [0.2, 0.25) is 5.89 Å². The zero-order valence-electron chi connectivity index (χ0n) is 18.5. The summed E-state index contributed by atoms with van der Waals surface area (Å²) in [4.78, 5) is 17.0. The molecule has 0 bridgehead atoms. The Balaban J connectivity index is 1.45. The lowest BCUT2D eigenvalue weighted by Crippen LogP contribution is -2.20. The molecule has 3 aromatic carbocycles. The van der Waals surface area contributed by atoms with Gasteiger partial charge in [-0.15, -0.1) is 0 Å². The van der Waals surface area contributed by atoms with Crippen molar-refractivity contribution >= 4 is 34.3 Å². The molecule has 0 fully saturated rings. The summed E-state index contributed by atoms with van der Waals surface area (Å²) >= 11 is 6.30. The van der Waals surface area contributed by atoms with Crippen molar-refractivity contribution in [2.45, 2.75) is 33.1 Å². The van der Waals surface area contributed by atoms with Crippen LogP contribution in [-0.4, -0.2) is 17.5 Å². The van der Waals surface area contributed by atoms with Crippen LogP contribution in [0.15, 0.2) is 65.1 Å². The molecule has 0 spiro atoms. The van der Waals surface area contributed by atoms with E-state index in [9.17, 15) is 4.79 Å². The van der Waals surface area contributed by atoms with Crippen LogP contribution in [-0.2, 0) is 10.2 Å². The molecule has 4 aromatic rings. The quantitative estimate of drug-likeness (QED) is 0.365. The summed E-state index contributed by atoms with van der Waals surface area (Å²) in [5.41, 5.74) is 5.04. The second-order valence-corrected chi connectivity index (χ2v) is 9.20. The van der Waals surface area contributed by atoms with E-state index in [1.165, 1.54) is 5.56 Å². The fourth-order valence-electron chi connectivity index (χ4n) is 3.30. The Labute approximate surface area is 192 Å². The first-order valence-corrected chi connectivity index (χ1v) is 10.8. The predicted octanol–water partition coefficient (Wildman–Crippen LogP) is 6.77. The molecule has 0 radical (unpaired) electrons. The van der Waals surface area contributed by atoms with Crippen molar-refractivity contribution in [3.8, 4) is 17.2 Å². The average Bonchev–Trinajstić information content (AvgIpc) is 3.16. The summed E-state index contributed by atoms with van der Waals surface area (Å²) in [6.07, 6.45) is 0. The third-order valence-electron chi connectivity index (χ3n) is 5.12. The Morgan fingerprint density at radius 2 is 1.81 bits per heavy atom. The Hall–Kier alpha value is -3.31. The summed E-state index contributed by atoms with van der Waals surface area (Å²) in [5, 5.41) is 3.22. The number of hydrogen-bond acceptors (Lipinski definition) is 4. The summed E-state index contributed by atoms with van der Waals surface area (Å²) < 4.78 is 11.5. The Kier molecular flexibility index (Phi) is 5.94. The van der Waals surface area contributed by atoms with Crippen LogP contribution >= 0.6 is 11.6 Å². The Morgan fingerprint density at radius 3 is 2.53 bits per heavy atom. The minimum Gasteiger partial charge on any atom is -0.484 e. The van der Waals surface area contributed by atoms with E-state index in [1.54, 1.807) is 12.1 Å². The summed E-state index contributed by atoms with van der Waals surface area (Å²) in [6.45, 7) is 8.32. The highest BCUT2D eigenvalue weighted by Gasteiger charge is 2.15. The number of carbonyl (C=O) groups is 1. The molecule has 6 heteroatoms. The monoisotopic (exact) mass is 448 g/mol. The molecule has 0 saturated carbocycles. The minimum absolute atomic E-state index is 0.0607. The lowest BCUT2D eigenvalue weighted by atomic mass is 9.87. The van der Waals surface area contributed by atoms with E-state index < -0.39 is 0 Å². The van der Waals surface area contributed by atoms with Crippen molar-refractivity contribution in [3.05, 3.63) is 76.8 Å². The molecule has 4 rings (SSSR count). The summed E-state index contributed by atoms with van der Waals surface area (Å²) in [6, 6.07) is 18.9. The van der Waals surface area contributed by atoms with Crippen molar-refractivity contribution < 1.29 is 13.9 Å². The van der Waals surface area contributed by atoms with E-state index in [4.69, 9.17) is 20.8 Å². The zero-order valence-corrected chi connectivity index (χ0v) is 19.3. The van der Waals surface area contributed by atoms with Crippen LogP contribution < -0.4 is 10.1 Å². The molecule has 0 unspecified atom stereocenters. The maximum atomic E-state index is 12.5. The molecule has 1 amide bonds. The van der Waals surface area contributed by atoms with Gasteiger partial charge in [0.25, 0.3) is 5.91 Å². The largest absolute Gasteiger partial charge is 0.484 e. The number of rotatable bonds is 5. The van der Waals surface area contributed by atoms with Gasteiger partial charge >= 0.3 is 0 Å². The lowest BCUT2D eigenvalue weighted by Gasteiger charge is -2.19. The molecular formula is C26H25ClN2O3. The number of nitrogens with one attached hydrogen (secondary N) is 1. The van der Waals surface area contributed by atoms with Crippen molar-refractivity contribution in [1.29, 1.82) is 0 Å². The number of fused-ring (bicyclic) bond motifs is 1. The topological polar surface area (TPSA) is 64.4 Å². The van der Waals surface area contributed by atoms with E-state index in [-0.39, 0.29) is 17.9 Å². The SMILES string of the molecule is Cc1ccc2nc(-c3ccc(Cl)c(NC(=O)COc4ccc(C(C)(C)C)cc4)c3)oc2c1. The number of aryl methyl sites for hydroxylation is 1. The molecule has 0 aliphatic carbocycles. The van der Waals surface area contributed by atoms with Gasteiger partial charge in [0.05, 0.1) is 10.7 Å². The van der Waals surface area contributed by atoms with Gasteiger partial charge in [0.1, 0.15) is 11.3 Å². The predicted molar refractivity (Wildman–Crippen MR) is 128 cm³/mol. The van der Waals surface area contributed by atoms with Gasteiger partial charge in [0, 0.05) is 5.56 Å². The van der Waals surface area contributed by atoms with Crippen molar-refractivity contribution in [1.82, 2.24) is 4.98 Å². The van der Waals surface area contributed by atoms with Gasteiger partial charge in [-0.3, -0.25) is 4.79 Å². The molecule has 5 nitrogen and oxygen atoms in total. The molecule has 0 aliphatic rings. The number of carbonyl (C=O) groups excluding carboxylic acids is 1. The smallest absolute Gasteiger partial charge is 0.262 e. The van der Waals surface area contributed by atoms with Crippen LogP contribution in [0.25, 0.3) is 22.6 Å². The number of anilines is 1. The van der Waals surface area contributed by atoms with Crippen LogP contribution in [0.2, 0.25) is 5.02 Å². The summed E-state index contributed by atoms with van der Waals surface area (Å²) in [5.74, 6) is 0.792. The van der Waals surface area contributed by atoms with Gasteiger partial charge in [-0.05, 0) is 65.9 Å². The van der Waals surface area contributed by atoms with Gasteiger partial charge in [0.15, 0.2) is 12.2 Å². The second-order valence-electron chi connectivity index (χ2n) is 8.80. The van der Waals surface area contributed by atoms with Gasteiger partial charge in [-0.25, -0.2) is 4.98 Å². The molecule has 32 heavy (non-hydrogen) atoms. The third-order valence-corrected chi connectivity index (χ3v) is 5.45. The minimum atomic E-state index is -0.308. The molecular weight excluding hydrogens is 424 g/mol. The number of ether oxygens (including phenoxy) is 1. The fourth-order valence-corrected chi connectivity index (χ4v) is 3.46. The van der Waals surface area contributed by atoms with Crippen LogP contribution in [0, 0.1) is 6.92 Å². The molecule has 1 aromatic heterocycles. The number of benzene rings is 3. The molecule has 0 aliphatic heterocycles. The third kappa shape index (κ3) is 4.94. The highest BCUT2D eigenvalue weighted by atomic mass is 35.5. The van der Waals surface area contributed by atoms with Gasteiger partial charge in [-0.2, -0.15) is 0 Å². The maximum absolute atomic E-state index is 12.5. The van der Waals surface area contributed by atoms with Crippen molar-refractivity contribution in [3.63, 3.8) is 0 Å². The van der Waals surface area contributed by atoms with Gasteiger partial charge in [-0.1, -0.05) is 50.6 Å². The van der Waals surface area contributed by atoms with Crippen molar-refractivity contribution in [2.75, 3.05) is 11.9 Å². The van der Waals surface area contributed by atoms with E-state index in [0.29, 0.717) is 27.9 Å². The standard InChI is InChI=1S/C26H25ClN2O3/c1-16-5-12-21-23(13-16)32-25(29-21)17-6-11-20(27)22(14-17)28-24(30)15-31-19-9-7-18(8-10-19)26(2,3)4/h5-14H,15H2,1-4H3,(H,28,30). The normalized spacial score (nSPS) is 11.5. The highest BCUT2D eigenvalue weighted by Crippen LogP contribution is 2.31. The molecule has 1 heterocycles. The number of oxazole rings is 1. The van der Waals surface area contributed by atoms with E-state index in [1.807, 2.05) is 55.5 Å². The fraction of sp³-hybridized carbons (Fsp3) is 0.231. The second kappa shape index (κ2) is 8.67. The number of aromatic nitrogens is 1. The first kappa shape index (κ1) is 21.9. The van der Waals surface area contributed by atoms with E-state index >= 15 is 0 Å². The highest BCUT2D eigenvalue weighted by molar-refractivity contribution is 6.33. The van der Waals surface area contributed by atoms with Crippen molar-refractivity contribution in [2.24, 2.45) is 0 Å². The number of halogens is 1. The number of hydrogen-bond donors (Lipinski definition) is 1. The zero-order chi connectivity index (χ0) is 22.9. The molecule has 1 N–H and O–H groups in total. The first-order chi connectivity index (χ1) is 15.2. The molecule has 0 saturated heterocycles. The molecule has 164 valence electrons. The maximum Gasteiger partial charge on any atom is 0.262 e. The van der Waals surface area contributed by atoms with E-state index in [0.717, 1.165) is 16.6 Å². The van der Waals surface area contributed by atoms with Crippen LogP contribution in [0.5, 0.6) is 5.75 Å². The number of amides is 1. The number of nitrogens with zero attached hydrogens (tertiary/aromatic N) is 1. The van der Waals surface area contributed by atoms with Crippen LogP contribution in [0.4, 0.5) is 5.69 Å². The van der Waals surface area contributed by atoms with E-state index in [2.05, 4.69) is 31.1 Å². The first-order valence-electron chi connectivity index (χ1n) is 10.4. The average molecular weight is 449 g/mol. The summed E-state index contributed by atoms with van der Waals surface area (Å²) in [7, 11) is 0. The Bertz CT molecular complexity index is 1270. The van der Waals surface area contributed by atoms with Gasteiger partial charge < -0.3 is 14.5 Å². The molecule has 0 atom stereocenters. The lowest BCUT2D eigenvalue weighted by molar-refractivity contribution is -0.118. The van der Waals surface area contributed by atoms with Crippen LogP contribution in [0.3, 0.4) is 0 Å².